The molecule has 1 aromatic heterocycles. The molecule has 0 spiro atoms. The highest BCUT2D eigenvalue weighted by atomic mass is 32.1. The van der Waals surface area contributed by atoms with Gasteiger partial charge in [0.05, 0.1) is 10.4 Å². The van der Waals surface area contributed by atoms with Crippen LogP contribution >= 0.6 is 11.3 Å². The third-order valence-electron chi connectivity index (χ3n) is 5.22. The van der Waals surface area contributed by atoms with Crippen LogP contribution in [0.3, 0.4) is 0 Å². The van der Waals surface area contributed by atoms with Gasteiger partial charge in [-0.1, -0.05) is 18.2 Å². The lowest BCUT2D eigenvalue weighted by Gasteiger charge is -2.30. The molecule has 2 aromatic carbocycles. The van der Waals surface area contributed by atoms with Crippen molar-refractivity contribution in [3.05, 3.63) is 76.0 Å². The minimum atomic E-state index is -0.173. The van der Waals surface area contributed by atoms with Crippen LogP contribution in [0.5, 0.6) is 0 Å². The number of carbonyl (C=O) groups is 2. The topological polar surface area (TPSA) is 61.4 Å². The summed E-state index contributed by atoms with van der Waals surface area (Å²) in [6.45, 7) is 3.87. The first kappa shape index (κ1) is 20.2. The predicted octanol–water partition coefficient (Wildman–Crippen LogP) is 5.55. The first-order chi connectivity index (χ1) is 14.6. The highest BCUT2D eigenvalue weighted by Crippen LogP contribution is 2.28. The van der Waals surface area contributed by atoms with E-state index in [0.29, 0.717) is 16.1 Å². The molecule has 0 atom stereocenters. The molecule has 0 bridgehead atoms. The van der Waals surface area contributed by atoms with Crippen LogP contribution in [0.25, 0.3) is 0 Å². The fraction of sp³-hybridized carbons (Fsp3) is 0.250. The number of carbonyl (C=O) groups excluding carboxylic acids is 2. The normalized spacial score (nSPS) is 13.7. The van der Waals surface area contributed by atoms with Gasteiger partial charge in [0.25, 0.3) is 11.8 Å². The van der Waals surface area contributed by atoms with Gasteiger partial charge in [-0.05, 0) is 73.5 Å². The van der Waals surface area contributed by atoms with Gasteiger partial charge in [-0.15, -0.1) is 11.3 Å². The second-order valence-corrected chi connectivity index (χ2v) is 8.48. The zero-order chi connectivity index (χ0) is 20.9. The molecular weight excluding hydrogens is 394 g/mol. The first-order valence-electron chi connectivity index (χ1n) is 10.2. The van der Waals surface area contributed by atoms with Crippen LogP contribution in [0.15, 0.2) is 60.0 Å². The van der Waals surface area contributed by atoms with E-state index in [1.54, 1.807) is 12.1 Å². The third kappa shape index (κ3) is 4.71. The van der Waals surface area contributed by atoms with E-state index in [2.05, 4.69) is 15.5 Å². The molecule has 0 radical (unpaired) electrons. The van der Waals surface area contributed by atoms with E-state index in [0.717, 1.165) is 42.9 Å². The fourth-order valence-corrected chi connectivity index (χ4v) is 4.35. The monoisotopic (exact) mass is 419 g/mol. The number of amides is 2. The molecule has 1 aliphatic heterocycles. The summed E-state index contributed by atoms with van der Waals surface area (Å²) in [5.41, 5.74) is 3.94. The van der Waals surface area contributed by atoms with Gasteiger partial charge in [0.2, 0.25) is 0 Å². The van der Waals surface area contributed by atoms with Crippen LogP contribution in [-0.4, -0.2) is 24.9 Å². The van der Waals surface area contributed by atoms with Gasteiger partial charge in [0.15, 0.2) is 0 Å². The Kier molecular flexibility index (Phi) is 6.14. The number of rotatable bonds is 5. The maximum absolute atomic E-state index is 13.2. The average molecular weight is 420 g/mol. The van der Waals surface area contributed by atoms with E-state index in [9.17, 15) is 9.59 Å². The van der Waals surface area contributed by atoms with E-state index in [-0.39, 0.29) is 11.8 Å². The highest BCUT2D eigenvalue weighted by Gasteiger charge is 2.20. The predicted molar refractivity (Wildman–Crippen MR) is 124 cm³/mol. The number of hydrogen-bond acceptors (Lipinski definition) is 4. The van der Waals surface area contributed by atoms with Gasteiger partial charge in [0, 0.05) is 30.2 Å². The van der Waals surface area contributed by atoms with Gasteiger partial charge in [0.1, 0.15) is 0 Å². The minimum absolute atomic E-state index is 0.166. The van der Waals surface area contributed by atoms with Crippen molar-refractivity contribution in [1.29, 1.82) is 0 Å². The van der Waals surface area contributed by atoms with Gasteiger partial charge in [-0.3, -0.25) is 9.59 Å². The standard InChI is InChI=1S/C24H25N3O2S/c1-17-7-5-8-18(15-17)25-23(28)20-16-19(26-24(29)22-9-6-14-30-22)10-11-21(20)27-12-3-2-4-13-27/h5-11,14-16H,2-4,12-13H2,1H3,(H,25,28)(H,26,29). The lowest BCUT2D eigenvalue weighted by molar-refractivity contribution is 0.101. The smallest absolute Gasteiger partial charge is 0.265 e. The molecule has 0 unspecified atom stereocenters. The number of benzene rings is 2. The van der Waals surface area contributed by atoms with E-state index < -0.39 is 0 Å². The van der Waals surface area contributed by atoms with Crippen molar-refractivity contribution >= 4 is 40.2 Å². The van der Waals surface area contributed by atoms with Crippen LogP contribution in [0, 0.1) is 6.92 Å². The van der Waals surface area contributed by atoms with E-state index >= 15 is 0 Å². The SMILES string of the molecule is Cc1cccc(NC(=O)c2cc(NC(=O)c3cccs3)ccc2N2CCCCC2)c1. The Morgan fingerprint density at radius 2 is 1.63 bits per heavy atom. The van der Waals surface area contributed by atoms with Crippen LogP contribution in [0.4, 0.5) is 17.1 Å². The van der Waals surface area contributed by atoms with Crippen molar-refractivity contribution in [2.45, 2.75) is 26.2 Å². The molecule has 1 saturated heterocycles. The third-order valence-corrected chi connectivity index (χ3v) is 6.09. The molecule has 3 aromatic rings. The summed E-state index contributed by atoms with van der Waals surface area (Å²) in [4.78, 5) is 28.6. The van der Waals surface area contributed by atoms with Crippen molar-refractivity contribution in [3.8, 4) is 0 Å². The van der Waals surface area contributed by atoms with E-state index in [1.807, 2.05) is 54.8 Å². The Labute approximate surface area is 180 Å². The zero-order valence-electron chi connectivity index (χ0n) is 17.0. The molecule has 5 nitrogen and oxygen atoms in total. The summed E-state index contributed by atoms with van der Waals surface area (Å²) in [5, 5.41) is 7.80. The summed E-state index contributed by atoms with van der Waals surface area (Å²) in [7, 11) is 0. The molecule has 1 aliphatic rings. The molecule has 4 rings (SSSR count). The van der Waals surface area contributed by atoms with Crippen LogP contribution in [0.1, 0.15) is 44.9 Å². The maximum Gasteiger partial charge on any atom is 0.265 e. The number of anilines is 3. The number of nitrogens with one attached hydrogen (secondary N) is 2. The largest absolute Gasteiger partial charge is 0.371 e. The summed E-state index contributed by atoms with van der Waals surface area (Å²) >= 11 is 1.39. The van der Waals surface area contributed by atoms with Crippen LogP contribution < -0.4 is 15.5 Å². The quantitative estimate of drug-likeness (QED) is 0.570. The summed E-state index contributed by atoms with van der Waals surface area (Å²) in [6.07, 6.45) is 3.46. The second-order valence-electron chi connectivity index (χ2n) is 7.53. The van der Waals surface area contributed by atoms with Crippen molar-refractivity contribution < 1.29 is 9.59 Å². The van der Waals surface area contributed by atoms with E-state index in [1.165, 1.54) is 17.8 Å². The minimum Gasteiger partial charge on any atom is -0.371 e. The molecule has 2 N–H and O–H groups in total. The lowest BCUT2D eigenvalue weighted by Crippen LogP contribution is -2.31. The zero-order valence-corrected chi connectivity index (χ0v) is 17.8. The molecule has 2 heterocycles. The molecule has 2 amide bonds. The summed E-state index contributed by atoms with van der Waals surface area (Å²) in [5.74, 6) is -0.339. The summed E-state index contributed by atoms with van der Waals surface area (Å²) < 4.78 is 0. The molecule has 0 saturated carbocycles. The van der Waals surface area contributed by atoms with Crippen molar-refractivity contribution in [3.63, 3.8) is 0 Å². The van der Waals surface area contributed by atoms with Crippen LogP contribution in [-0.2, 0) is 0 Å². The van der Waals surface area contributed by atoms with E-state index in [4.69, 9.17) is 0 Å². The lowest BCUT2D eigenvalue weighted by atomic mass is 10.1. The first-order valence-corrected chi connectivity index (χ1v) is 11.1. The van der Waals surface area contributed by atoms with Gasteiger partial charge < -0.3 is 15.5 Å². The number of thiophene rings is 1. The molecular formula is C24H25N3O2S. The number of aryl methyl sites for hydroxylation is 1. The van der Waals surface area contributed by atoms with Gasteiger partial charge in [-0.25, -0.2) is 0 Å². The molecule has 154 valence electrons. The second kappa shape index (κ2) is 9.13. The highest BCUT2D eigenvalue weighted by molar-refractivity contribution is 7.12. The molecule has 1 fully saturated rings. The maximum atomic E-state index is 13.2. The van der Waals surface area contributed by atoms with Crippen molar-refractivity contribution in [1.82, 2.24) is 0 Å². The number of piperidine rings is 1. The Morgan fingerprint density at radius 1 is 0.867 bits per heavy atom. The molecule has 6 heteroatoms. The van der Waals surface area contributed by atoms with Crippen molar-refractivity contribution in [2.24, 2.45) is 0 Å². The number of nitrogens with zero attached hydrogens (tertiary/aromatic N) is 1. The molecule has 30 heavy (non-hydrogen) atoms. The van der Waals surface area contributed by atoms with Crippen molar-refractivity contribution in [2.75, 3.05) is 28.6 Å². The van der Waals surface area contributed by atoms with Gasteiger partial charge in [-0.2, -0.15) is 0 Å². The Morgan fingerprint density at radius 3 is 2.37 bits per heavy atom. The average Bonchev–Trinajstić information content (AvgIpc) is 3.29. The Hall–Kier alpha value is -3.12. The van der Waals surface area contributed by atoms with Crippen LogP contribution in [0.2, 0.25) is 0 Å². The Bertz CT molecular complexity index is 1040. The molecule has 0 aliphatic carbocycles. The fourth-order valence-electron chi connectivity index (χ4n) is 3.73. The number of hydrogen-bond donors (Lipinski definition) is 2. The van der Waals surface area contributed by atoms with Gasteiger partial charge >= 0.3 is 0 Å². The summed E-state index contributed by atoms with van der Waals surface area (Å²) in [6, 6.07) is 17.0. The Balaban J connectivity index is 1.63.